The van der Waals surface area contributed by atoms with Gasteiger partial charge in [-0.2, -0.15) is 0 Å². The average Bonchev–Trinajstić information content (AvgIpc) is 3.08. The maximum Gasteiger partial charge on any atom is 0.193 e. The van der Waals surface area contributed by atoms with E-state index in [4.69, 9.17) is 4.74 Å². The topological polar surface area (TPSA) is 29.5 Å². The van der Waals surface area contributed by atoms with Crippen LogP contribution in [0.3, 0.4) is 0 Å². The number of likely N-dealkylation sites (tertiary alicyclic amines) is 1. The van der Waals surface area contributed by atoms with Gasteiger partial charge in [-0.15, -0.1) is 0 Å². The van der Waals surface area contributed by atoms with Gasteiger partial charge in [0.2, 0.25) is 0 Å². The number of hydrogen-bond acceptors (Lipinski definition) is 3. The van der Waals surface area contributed by atoms with Gasteiger partial charge in [-0.25, -0.2) is 0 Å². The summed E-state index contributed by atoms with van der Waals surface area (Å²) < 4.78 is 6.93. The minimum absolute atomic E-state index is 0.0314. The van der Waals surface area contributed by atoms with Crippen molar-refractivity contribution >= 4 is 21.7 Å². The van der Waals surface area contributed by atoms with Crippen LogP contribution in [0.5, 0.6) is 5.75 Å². The molecule has 1 heterocycles. The van der Waals surface area contributed by atoms with Crippen molar-refractivity contribution in [2.75, 3.05) is 19.7 Å². The number of carbonyl (C=O) groups excluding carboxylic acids is 1. The molecule has 4 heteroatoms. The van der Waals surface area contributed by atoms with Gasteiger partial charge in [0.05, 0.1) is 0 Å². The molecule has 2 aromatic rings. The first-order valence-electron chi connectivity index (χ1n) is 8.94. The number of rotatable bonds is 7. The molecule has 1 saturated heterocycles. The second-order valence-electron chi connectivity index (χ2n) is 6.50. The Morgan fingerprint density at radius 2 is 1.76 bits per heavy atom. The van der Waals surface area contributed by atoms with Crippen LogP contribution in [0.1, 0.15) is 42.1 Å². The molecular weight excluding hydrogens is 378 g/mol. The average molecular weight is 402 g/mol. The predicted molar refractivity (Wildman–Crippen MR) is 104 cm³/mol. The molecule has 1 aliphatic rings. The normalized spacial score (nSPS) is 17.6. The predicted octanol–water partition coefficient (Wildman–Crippen LogP) is 4.93. The maximum absolute atomic E-state index is 12.5. The molecule has 25 heavy (non-hydrogen) atoms. The van der Waals surface area contributed by atoms with Crippen molar-refractivity contribution < 1.29 is 9.53 Å². The van der Waals surface area contributed by atoms with E-state index >= 15 is 0 Å². The molecule has 0 aromatic heterocycles. The van der Waals surface area contributed by atoms with Gasteiger partial charge in [0.15, 0.2) is 5.78 Å². The molecule has 3 rings (SSSR count). The van der Waals surface area contributed by atoms with Crippen molar-refractivity contribution in [2.24, 2.45) is 0 Å². The van der Waals surface area contributed by atoms with Crippen LogP contribution in [0.2, 0.25) is 0 Å². The van der Waals surface area contributed by atoms with Crippen LogP contribution in [0.4, 0.5) is 0 Å². The third-order valence-electron chi connectivity index (χ3n) is 4.68. The quantitative estimate of drug-likeness (QED) is 0.615. The zero-order chi connectivity index (χ0) is 17.6. The van der Waals surface area contributed by atoms with Crippen LogP contribution >= 0.6 is 15.9 Å². The lowest BCUT2D eigenvalue weighted by atomic mass is 10.0. The lowest BCUT2D eigenvalue weighted by Gasteiger charge is -2.23. The number of carbonyl (C=O) groups is 1. The lowest BCUT2D eigenvalue weighted by Crippen LogP contribution is -2.34. The molecule has 132 valence electrons. The van der Waals surface area contributed by atoms with Crippen LogP contribution in [0, 0.1) is 0 Å². The summed E-state index contributed by atoms with van der Waals surface area (Å²) in [5.41, 5.74) is 1.38. The second-order valence-corrected chi connectivity index (χ2v) is 7.42. The maximum atomic E-state index is 12.5. The van der Waals surface area contributed by atoms with Crippen molar-refractivity contribution in [3.05, 3.63) is 64.1 Å². The number of ether oxygens (including phenoxy) is 1. The molecule has 1 unspecified atom stereocenters. The third kappa shape index (κ3) is 4.71. The number of nitrogens with zero attached hydrogens (tertiary/aromatic N) is 1. The Labute approximate surface area is 158 Å². The van der Waals surface area contributed by atoms with Gasteiger partial charge in [0, 0.05) is 21.6 Å². The highest BCUT2D eigenvalue weighted by Gasteiger charge is 2.24. The van der Waals surface area contributed by atoms with E-state index in [9.17, 15) is 4.79 Å². The number of ketones is 1. The fourth-order valence-electron chi connectivity index (χ4n) is 3.33. The minimum atomic E-state index is 0.0314. The molecule has 3 nitrogen and oxygen atoms in total. The van der Waals surface area contributed by atoms with Crippen LogP contribution in [0.25, 0.3) is 0 Å². The Bertz CT molecular complexity index is 697. The summed E-state index contributed by atoms with van der Waals surface area (Å²) in [4.78, 5) is 15.0. The Morgan fingerprint density at radius 1 is 1.12 bits per heavy atom. The highest BCUT2D eigenvalue weighted by atomic mass is 79.9. The molecule has 0 amide bonds. The van der Waals surface area contributed by atoms with E-state index in [-0.39, 0.29) is 5.78 Å². The third-order valence-corrected chi connectivity index (χ3v) is 5.20. The van der Waals surface area contributed by atoms with E-state index in [1.807, 2.05) is 48.5 Å². The van der Waals surface area contributed by atoms with Crippen LogP contribution in [0.15, 0.2) is 53.0 Å². The number of halogens is 1. The molecule has 2 aromatic carbocycles. The summed E-state index contributed by atoms with van der Waals surface area (Å²) in [5, 5.41) is 0. The van der Waals surface area contributed by atoms with E-state index in [0.717, 1.165) is 23.4 Å². The molecule has 0 N–H and O–H groups in total. The summed E-state index contributed by atoms with van der Waals surface area (Å²) >= 11 is 3.39. The molecule has 0 aliphatic carbocycles. The number of benzene rings is 2. The Hall–Kier alpha value is -1.65. The van der Waals surface area contributed by atoms with E-state index in [1.54, 1.807) is 0 Å². The summed E-state index contributed by atoms with van der Waals surface area (Å²) in [5.74, 6) is 0.861. The van der Waals surface area contributed by atoms with Gasteiger partial charge in [-0.1, -0.05) is 22.9 Å². The smallest absolute Gasteiger partial charge is 0.193 e. The Kier molecular flexibility index (Phi) is 6.27. The van der Waals surface area contributed by atoms with Gasteiger partial charge < -0.3 is 4.74 Å². The molecule has 0 spiro atoms. The summed E-state index contributed by atoms with van der Waals surface area (Å²) in [7, 11) is 0. The minimum Gasteiger partial charge on any atom is -0.492 e. The summed E-state index contributed by atoms with van der Waals surface area (Å²) in [6.45, 7) is 5.27. The largest absolute Gasteiger partial charge is 0.492 e. The van der Waals surface area contributed by atoms with Crippen LogP contribution < -0.4 is 4.74 Å². The standard InChI is InChI=1S/C21H24BrNO2/c1-2-13-23-14-3-4-19(23)15-25-20-11-7-17(8-12-20)21(24)16-5-9-18(22)10-6-16/h5-12,19H,2-4,13-15H2,1H3. The molecule has 1 aliphatic heterocycles. The first-order chi connectivity index (χ1) is 12.2. The van der Waals surface area contributed by atoms with Crippen molar-refractivity contribution in [2.45, 2.75) is 32.2 Å². The van der Waals surface area contributed by atoms with Gasteiger partial charge >= 0.3 is 0 Å². The Morgan fingerprint density at radius 3 is 2.40 bits per heavy atom. The molecule has 1 atom stereocenters. The molecule has 0 radical (unpaired) electrons. The highest BCUT2D eigenvalue weighted by Crippen LogP contribution is 2.21. The van der Waals surface area contributed by atoms with E-state index in [1.165, 1.54) is 25.8 Å². The molecular formula is C21H24BrNO2. The van der Waals surface area contributed by atoms with Crippen molar-refractivity contribution in [1.82, 2.24) is 4.90 Å². The monoisotopic (exact) mass is 401 g/mol. The SMILES string of the molecule is CCCN1CCCC1COc1ccc(C(=O)c2ccc(Br)cc2)cc1. The zero-order valence-corrected chi connectivity index (χ0v) is 16.2. The van der Waals surface area contributed by atoms with Gasteiger partial charge in [0.1, 0.15) is 12.4 Å². The van der Waals surface area contributed by atoms with Crippen LogP contribution in [-0.2, 0) is 0 Å². The first kappa shape index (κ1) is 18.2. The number of hydrogen-bond donors (Lipinski definition) is 0. The van der Waals surface area contributed by atoms with E-state index in [0.29, 0.717) is 17.2 Å². The van der Waals surface area contributed by atoms with Crippen LogP contribution in [-0.4, -0.2) is 36.4 Å². The van der Waals surface area contributed by atoms with Crippen molar-refractivity contribution in [1.29, 1.82) is 0 Å². The van der Waals surface area contributed by atoms with E-state index < -0.39 is 0 Å². The Balaban J connectivity index is 1.58. The van der Waals surface area contributed by atoms with E-state index in [2.05, 4.69) is 27.8 Å². The first-order valence-corrected chi connectivity index (χ1v) is 9.74. The molecule has 1 fully saturated rings. The van der Waals surface area contributed by atoms with Crippen molar-refractivity contribution in [3.63, 3.8) is 0 Å². The summed E-state index contributed by atoms with van der Waals surface area (Å²) in [6.07, 6.45) is 3.65. The highest BCUT2D eigenvalue weighted by molar-refractivity contribution is 9.10. The van der Waals surface area contributed by atoms with Crippen molar-refractivity contribution in [3.8, 4) is 5.75 Å². The van der Waals surface area contributed by atoms with Gasteiger partial charge in [-0.05, 0) is 80.9 Å². The summed E-state index contributed by atoms with van der Waals surface area (Å²) in [6, 6.07) is 15.4. The molecule has 0 saturated carbocycles. The zero-order valence-electron chi connectivity index (χ0n) is 14.6. The van der Waals surface area contributed by atoms with Gasteiger partial charge in [0.25, 0.3) is 0 Å². The second kappa shape index (κ2) is 8.63. The lowest BCUT2D eigenvalue weighted by molar-refractivity contribution is 0.103. The fraction of sp³-hybridized carbons (Fsp3) is 0.381. The molecule has 0 bridgehead atoms. The van der Waals surface area contributed by atoms with Gasteiger partial charge in [-0.3, -0.25) is 9.69 Å². The fourth-order valence-corrected chi connectivity index (χ4v) is 3.59.